The molecule has 1 aromatic carbocycles. The van der Waals surface area contributed by atoms with Crippen LogP contribution in [0.5, 0.6) is 11.5 Å². The average molecular weight is 354 g/mol. The van der Waals surface area contributed by atoms with Crippen LogP contribution in [0.4, 0.5) is 0 Å². The third-order valence-electron chi connectivity index (χ3n) is 3.56. The predicted molar refractivity (Wildman–Crippen MR) is 94.8 cm³/mol. The number of halogens is 1. The Labute approximate surface area is 147 Å². The lowest BCUT2D eigenvalue weighted by Gasteiger charge is -2.15. The van der Waals surface area contributed by atoms with Gasteiger partial charge >= 0.3 is 0 Å². The summed E-state index contributed by atoms with van der Waals surface area (Å²) in [6.45, 7) is 5.15. The van der Waals surface area contributed by atoms with E-state index in [1.54, 1.807) is 25.3 Å². The maximum absolute atomic E-state index is 11.9. The fourth-order valence-electron chi connectivity index (χ4n) is 2.44. The van der Waals surface area contributed by atoms with Crippen molar-refractivity contribution in [3.8, 4) is 11.5 Å². The molecule has 24 heavy (non-hydrogen) atoms. The maximum atomic E-state index is 11.9. The summed E-state index contributed by atoms with van der Waals surface area (Å²) in [6.07, 6.45) is 5.33. The third-order valence-corrected chi connectivity index (χ3v) is 3.84. The molecule has 1 aliphatic rings. The third kappa shape index (κ3) is 5.42. The van der Waals surface area contributed by atoms with Gasteiger partial charge in [0.2, 0.25) is 5.91 Å². The predicted octanol–water partition coefficient (Wildman–Crippen LogP) is 3.44. The van der Waals surface area contributed by atoms with E-state index in [0.29, 0.717) is 23.1 Å². The molecule has 1 amide bonds. The summed E-state index contributed by atoms with van der Waals surface area (Å²) in [4.78, 5) is 11.9. The minimum absolute atomic E-state index is 0.0126. The SMILES string of the molecule is COc1cc(C=CC(=O)NCC2CCCO2)cc(Cl)c1OC(C)C. The van der Waals surface area contributed by atoms with E-state index in [-0.39, 0.29) is 18.1 Å². The molecular formula is C18H24ClNO4. The second-order valence-electron chi connectivity index (χ2n) is 5.91. The molecule has 1 unspecified atom stereocenters. The van der Waals surface area contributed by atoms with Crippen LogP contribution < -0.4 is 14.8 Å². The molecule has 0 saturated carbocycles. The summed E-state index contributed by atoms with van der Waals surface area (Å²) in [5.74, 6) is 0.882. The number of benzene rings is 1. The van der Waals surface area contributed by atoms with Crippen molar-refractivity contribution in [3.63, 3.8) is 0 Å². The monoisotopic (exact) mass is 353 g/mol. The summed E-state index contributed by atoms with van der Waals surface area (Å²) in [5, 5.41) is 3.28. The summed E-state index contributed by atoms with van der Waals surface area (Å²) in [5.41, 5.74) is 0.764. The van der Waals surface area contributed by atoms with Gasteiger partial charge in [-0.15, -0.1) is 0 Å². The fraction of sp³-hybridized carbons (Fsp3) is 0.500. The van der Waals surface area contributed by atoms with Gasteiger partial charge in [0.25, 0.3) is 0 Å². The minimum atomic E-state index is -0.164. The van der Waals surface area contributed by atoms with E-state index in [4.69, 9.17) is 25.8 Å². The van der Waals surface area contributed by atoms with Gasteiger partial charge in [-0.3, -0.25) is 4.79 Å². The molecule has 1 aliphatic heterocycles. The van der Waals surface area contributed by atoms with Gasteiger partial charge in [0.05, 0.1) is 24.3 Å². The Morgan fingerprint density at radius 1 is 1.50 bits per heavy atom. The number of carbonyl (C=O) groups excluding carboxylic acids is 1. The number of amides is 1. The summed E-state index contributed by atoms with van der Waals surface area (Å²) in [7, 11) is 1.56. The molecule has 0 radical (unpaired) electrons. The summed E-state index contributed by atoms with van der Waals surface area (Å²) >= 11 is 6.26. The van der Waals surface area contributed by atoms with Crippen LogP contribution in [0.1, 0.15) is 32.3 Å². The van der Waals surface area contributed by atoms with Gasteiger partial charge < -0.3 is 19.5 Å². The topological polar surface area (TPSA) is 56.8 Å². The molecule has 0 spiro atoms. The van der Waals surface area contributed by atoms with Crippen molar-refractivity contribution in [1.82, 2.24) is 5.32 Å². The van der Waals surface area contributed by atoms with E-state index in [1.165, 1.54) is 6.08 Å². The number of methoxy groups -OCH3 is 1. The molecule has 6 heteroatoms. The van der Waals surface area contributed by atoms with Crippen LogP contribution in [0.2, 0.25) is 5.02 Å². The van der Waals surface area contributed by atoms with E-state index in [2.05, 4.69) is 5.32 Å². The van der Waals surface area contributed by atoms with Crippen molar-refractivity contribution < 1.29 is 19.0 Å². The molecule has 1 aromatic rings. The highest BCUT2D eigenvalue weighted by Gasteiger charge is 2.15. The molecule has 0 aromatic heterocycles. The zero-order chi connectivity index (χ0) is 17.5. The van der Waals surface area contributed by atoms with Crippen molar-refractivity contribution in [2.45, 2.75) is 38.9 Å². The second kappa shape index (κ2) is 8.94. The number of rotatable bonds is 7. The van der Waals surface area contributed by atoms with E-state index >= 15 is 0 Å². The molecular weight excluding hydrogens is 330 g/mol. The first-order valence-corrected chi connectivity index (χ1v) is 8.49. The second-order valence-corrected chi connectivity index (χ2v) is 6.32. The van der Waals surface area contributed by atoms with E-state index in [9.17, 15) is 4.79 Å². The van der Waals surface area contributed by atoms with Crippen LogP contribution in [-0.2, 0) is 9.53 Å². The van der Waals surface area contributed by atoms with Crippen molar-refractivity contribution in [2.75, 3.05) is 20.3 Å². The zero-order valence-corrected chi connectivity index (χ0v) is 15.1. The molecule has 2 rings (SSSR count). The molecule has 0 aliphatic carbocycles. The van der Waals surface area contributed by atoms with Crippen LogP contribution in [0.15, 0.2) is 18.2 Å². The van der Waals surface area contributed by atoms with Gasteiger partial charge in [-0.2, -0.15) is 0 Å². The maximum Gasteiger partial charge on any atom is 0.244 e. The highest BCUT2D eigenvalue weighted by atomic mass is 35.5. The van der Waals surface area contributed by atoms with Gasteiger partial charge in [-0.1, -0.05) is 11.6 Å². The number of ether oxygens (including phenoxy) is 3. The summed E-state index contributed by atoms with van der Waals surface area (Å²) in [6, 6.07) is 3.53. The molecule has 1 saturated heterocycles. The van der Waals surface area contributed by atoms with Crippen LogP contribution in [0, 0.1) is 0 Å². The first kappa shape index (κ1) is 18.6. The molecule has 132 valence electrons. The van der Waals surface area contributed by atoms with E-state index in [1.807, 2.05) is 13.8 Å². The van der Waals surface area contributed by atoms with Crippen LogP contribution in [0.25, 0.3) is 6.08 Å². The Hall–Kier alpha value is -1.72. The molecule has 5 nitrogen and oxygen atoms in total. The van der Waals surface area contributed by atoms with E-state index < -0.39 is 0 Å². The molecule has 1 heterocycles. The fourth-order valence-corrected chi connectivity index (χ4v) is 2.70. The number of hydrogen-bond donors (Lipinski definition) is 1. The number of carbonyl (C=O) groups is 1. The highest BCUT2D eigenvalue weighted by Crippen LogP contribution is 2.37. The molecule has 0 bridgehead atoms. The molecule has 1 fully saturated rings. The largest absolute Gasteiger partial charge is 0.493 e. The first-order chi connectivity index (χ1) is 11.5. The first-order valence-electron chi connectivity index (χ1n) is 8.11. The quantitative estimate of drug-likeness (QED) is 0.763. The average Bonchev–Trinajstić information content (AvgIpc) is 3.06. The Balaban J connectivity index is 2.00. The van der Waals surface area contributed by atoms with Crippen molar-refractivity contribution >= 4 is 23.6 Å². The van der Waals surface area contributed by atoms with Crippen LogP contribution in [0.3, 0.4) is 0 Å². The van der Waals surface area contributed by atoms with Crippen LogP contribution in [-0.4, -0.2) is 38.4 Å². The lowest BCUT2D eigenvalue weighted by molar-refractivity contribution is -0.116. The van der Waals surface area contributed by atoms with Gasteiger partial charge in [0, 0.05) is 19.2 Å². The number of nitrogens with one attached hydrogen (secondary N) is 1. The Kier molecular flexibility index (Phi) is 6.94. The lowest BCUT2D eigenvalue weighted by Crippen LogP contribution is -2.30. The van der Waals surface area contributed by atoms with Gasteiger partial charge in [0.1, 0.15) is 0 Å². The number of hydrogen-bond acceptors (Lipinski definition) is 4. The minimum Gasteiger partial charge on any atom is -0.493 e. The molecule has 1 N–H and O–H groups in total. The lowest BCUT2D eigenvalue weighted by atomic mass is 10.1. The zero-order valence-electron chi connectivity index (χ0n) is 14.3. The van der Waals surface area contributed by atoms with Crippen molar-refractivity contribution in [3.05, 3.63) is 28.8 Å². The highest BCUT2D eigenvalue weighted by molar-refractivity contribution is 6.32. The Morgan fingerprint density at radius 2 is 2.29 bits per heavy atom. The van der Waals surface area contributed by atoms with Crippen molar-refractivity contribution in [2.24, 2.45) is 0 Å². The smallest absolute Gasteiger partial charge is 0.244 e. The Morgan fingerprint density at radius 3 is 2.92 bits per heavy atom. The van der Waals surface area contributed by atoms with Crippen molar-refractivity contribution in [1.29, 1.82) is 0 Å². The standard InChI is InChI=1S/C18H24ClNO4/c1-12(2)24-18-15(19)9-13(10-16(18)22-3)6-7-17(21)20-11-14-5-4-8-23-14/h6-7,9-10,12,14H,4-5,8,11H2,1-3H3,(H,20,21). The van der Waals surface area contributed by atoms with Gasteiger partial charge in [-0.05, 0) is 50.5 Å². The Bertz CT molecular complexity index is 595. The molecule has 1 atom stereocenters. The van der Waals surface area contributed by atoms with Gasteiger partial charge in [0.15, 0.2) is 11.5 Å². The van der Waals surface area contributed by atoms with Gasteiger partial charge in [-0.25, -0.2) is 0 Å². The normalized spacial score (nSPS) is 17.5. The van der Waals surface area contributed by atoms with Crippen LogP contribution >= 0.6 is 11.6 Å². The van der Waals surface area contributed by atoms with E-state index in [0.717, 1.165) is 25.0 Å². The summed E-state index contributed by atoms with van der Waals surface area (Å²) < 4.78 is 16.5.